The van der Waals surface area contributed by atoms with Gasteiger partial charge in [-0.1, -0.05) is 18.5 Å². The number of imide groups is 2. The number of urea groups is 1. The maximum absolute atomic E-state index is 11.7. The van der Waals surface area contributed by atoms with Crippen LogP contribution in [0.5, 0.6) is 5.75 Å². The lowest BCUT2D eigenvalue weighted by atomic mass is 10.1. The lowest BCUT2D eigenvalue weighted by Gasteiger charge is -2.15. The van der Waals surface area contributed by atoms with Crippen LogP contribution in [-0.2, 0) is 9.59 Å². The first-order chi connectivity index (χ1) is 10.0. The van der Waals surface area contributed by atoms with Crippen molar-refractivity contribution in [1.29, 1.82) is 0 Å². The number of ether oxygens (including phenoxy) is 1. The van der Waals surface area contributed by atoms with Crippen LogP contribution in [0.2, 0.25) is 5.02 Å². The van der Waals surface area contributed by atoms with Gasteiger partial charge in [0.1, 0.15) is 11.3 Å². The highest BCUT2D eigenvalue weighted by molar-refractivity contribution is 6.32. The fraction of sp³-hybridized carbons (Fsp3) is 0.214. The van der Waals surface area contributed by atoms with Gasteiger partial charge in [0.05, 0.1) is 6.61 Å². The summed E-state index contributed by atoms with van der Waals surface area (Å²) in [7, 11) is 0. The molecule has 21 heavy (non-hydrogen) atoms. The minimum absolute atomic E-state index is 0.182. The molecule has 1 saturated heterocycles. The molecule has 1 aliphatic heterocycles. The van der Waals surface area contributed by atoms with Gasteiger partial charge in [-0.3, -0.25) is 20.2 Å². The van der Waals surface area contributed by atoms with E-state index >= 15 is 0 Å². The monoisotopic (exact) mass is 308 g/mol. The maximum atomic E-state index is 11.7. The molecular formula is C14H13ClN2O4. The summed E-state index contributed by atoms with van der Waals surface area (Å²) >= 11 is 5.92. The summed E-state index contributed by atoms with van der Waals surface area (Å²) in [6, 6.07) is 4.06. The van der Waals surface area contributed by atoms with Gasteiger partial charge >= 0.3 is 6.03 Å². The Morgan fingerprint density at radius 3 is 2.48 bits per heavy atom. The summed E-state index contributed by atoms with van der Waals surface area (Å²) in [6.45, 7) is 2.45. The number of benzene rings is 1. The molecule has 1 heterocycles. The van der Waals surface area contributed by atoms with E-state index in [1.54, 1.807) is 18.2 Å². The number of amides is 4. The quantitative estimate of drug-likeness (QED) is 0.657. The lowest BCUT2D eigenvalue weighted by Crippen LogP contribution is -2.51. The Kier molecular flexibility index (Phi) is 4.59. The van der Waals surface area contributed by atoms with E-state index in [-0.39, 0.29) is 5.57 Å². The van der Waals surface area contributed by atoms with Crippen molar-refractivity contribution >= 4 is 35.5 Å². The predicted octanol–water partition coefficient (Wildman–Crippen LogP) is 1.88. The minimum Gasteiger partial charge on any atom is -0.493 e. The third kappa shape index (κ3) is 3.61. The average Bonchev–Trinajstić information content (AvgIpc) is 2.42. The van der Waals surface area contributed by atoms with Crippen LogP contribution < -0.4 is 15.4 Å². The molecule has 0 aliphatic carbocycles. The normalized spacial score (nSPS) is 14.6. The maximum Gasteiger partial charge on any atom is 0.328 e. The molecule has 1 fully saturated rings. The summed E-state index contributed by atoms with van der Waals surface area (Å²) in [5.41, 5.74) is 0.309. The fourth-order valence-corrected chi connectivity index (χ4v) is 1.92. The van der Waals surface area contributed by atoms with Crippen LogP contribution in [0.3, 0.4) is 0 Å². The smallest absolute Gasteiger partial charge is 0.328 e. The molecule has 110 valence electrons. The molecule has 2 N–H and O–H groups in total. The van der Waals surface area contributed by atoms with E-state index in [1.807, 2.05) is 17.6 Å². The molecule has 1 aromatic rings. The van der Waals surface area contributed by atoms with E-state index in [1.165, 1.54) is 6.08 Å². The van der Waals surface area contributed by atoms with E-state index < -0.39 is 17.8 Å². The third-order valence-electron chi connectivity index (χ3n) is 2.68. The van der Waals surface area contributed by atoms with Gasteiger partial charge in [0, 0.05) is 10.6 Å². The standard InChI is InChI=1S/C14H13ClN2O4/c1-2-5-21-11-4-3-9(15)6-8(11)7-10-12(18)16-14(20)17-13(10)19/h3-4,6-7H,2,5H2,1H3,(H2,16,17,18,19,20). The molecular weight excluding hydrogens is 296 g/mol. The van der Waals surface area contributed by atoms with Crippen LogP contribution in [0.15, 0.2) is 23.8 Å². The van der Waals surface area contributed by atoms with E-state index in [4.69, 9.17) is 16.3 Å². The van der Waals surface area contributed by atoms with Gasteiger partial charge in [0.2, 0.25) is 0 Å². The highest BCUT2D eigenvalue weighted by Crippen LogP contribution is 2.26. The van der Waals surface area contributed by atoms with E-state index in [9.17, 15) is 14.4 Å². The van der Waals surface area contributed by atoms with Crippen molar-refractivity contribution in [3.8, 4) is 5.75 Å². The fourth-order valence-electron chi connectivity index (χ4n) is 1.74. The van der Waals surface area contributed by atoms with Crippen molar-refractivity contribution in [2.24, 2.45) is 0 Å². The third-order valence-corrected chi connectivity index (χ3v) is 2.91. The van der Waals surface area contributed by atoms with E-state index in [0.29, 0.717) is 22.9 Å². The number of rotatable bonds is 4. The number of carbonyl (C=O) groups excluding carboxylic acids is 3. The van der Waals surface area contributed by atoms with Gasteiger partial charge in [0.15, 0.2) is 0 Å². The summed E-state index contributed by atoms with van der Waals surface area (Å²) in [6.07, 6.45) is 2.15. The molecule has 0 saturated carbocycles. The van der Waals surface area contributed by atoms with Crippen molar-refractivity contribution < 1.29 is 19.1 Å². The van der Waals surface area contributed by atoms with Crippen molar-refractivity contribution in [1.82, 2.24) is 10.6 Å². The van der Waals surface area contributed by atoms with Gasteiger partial charge in [0.25, 0.3) is 11.8 Å². The summed E-state index contributed by atoms with van der Waals surface area (Å²) in [5.74, 6) is -1.01. The minimum atomic E-state index is -0.837. The van der Waals surface area contributed by atoms with E-state index in [2.05, 4.69) is 0 Å². The van der Waals surface area contributed by atoms with Gasteiger partial charge < -0.3 is 4.74 Å². The molecule has 1 aromatic carbocycles. The summed E-state index contributed by atoms with van der Waals surface area (Å²) < 4.78 is 5.54. The average molecular weight is 309 g/mol. The molecule has 0 unspecified atom stereocenters. The molecule has 0 radical (unpaired) electrons. The Morgan fingerprint density at radius 1 is 1.19 bits per heavy atom. The summed E-state index contributed by atoms with van der Waals surface area (Å²) in [5, 5.41) is 4.45. The second-order valence-corrected chi connectivity index (χ2v) is 4.76. The second kappa shape index (κ2) is 6.41. The molecule has 4 amide bonds. The largest absolute Gasteiger partial charge is 0.493 e. The Balaban J connectivity index is 2.38. The Bertz CT molecular complexity index is 618. The van der Waals surface area contributed by atoms with Crippen LogP contribution in [0.4, 0.5) is 4.79 Å². The molecule has 7 heteroatoms. The number of hydrogen-bond acceptors (Lipinski definition) is 4. The molecule has 0 aromatic heterocycles. The van der Waals surface area contributed by atoms with Gasteiger partial charge in [-0.15, -0.1) is 0 Å². The van der Waals surface area contributed by atoms with Crippen molar-refractivity contribution in [2.75, 3.05) is 6.61 Å². The zero-order valence-corrected chi connectivity index (χ0v) is 12.0. The molecule has 0 atom stereocenters. The molecule has 2 rings (SSSR count). The molecule has 0 spiro atoms. The molecule has 6 nitrogen and oxygen atoms in total. The predicted molar refractivity (Wildman–Crippen MR) is 76.9 cm³/mol. The number of barbiturate groups is 1. The first-order valence-electron chi connectivity index (χ1n) is 6.32. The first kappa shape index (κ1) is 15.1. The van der Waals surface area contributed by atoms with Crippen molar-refractivity contribution in [2.45, 2.75) is 13.3 Å². The van der Waals surface area contributed by atoms with Gasteiger partial charge in [-0.05, 0) is 30.7 Å². The van der Waals surface area contributed by atoms with Crippen LogP contribution in [0.1, 0.15) is 18.9 Å². The van der Waals surface area contributed by atoms with Gasteiger partial charge in [-0.25, -0.2) is 4.79 Å². The lowest BCUT2D eigenvalue weighted by molar-refractivity contribution is -0.123. The molecule has 1 aliphatic rings. The van der Waals surface area contributed by atoms with Crippen molar-refractivity contribution in [3.05, 3.63) is 34.4 Å². The topological polar surface area (TPSA) is 84.5 Å². The highest BCUT2D eigenvalue weighted by Gasteiger charge is 2.28. The zero-order valence-electron chi connectivity index (χ0n) is 11.2. The Labute approximate surface area is 126 Å². The van der Waals surface area contributed by atoms with E-state index in [0.717, 1.165) is 6.42 Å². The first-order valence-corrected chi connectivity index (χ1v) is 6.69. The number of carbonyl (C=O) groups is 3. The Hall–Kier alpha value is -2.34. The Morgan fingerprint density at radius 2 is 1.86 bits per heavy atom. The number of hydrogen-bond donors (Lipinski definition) is 2. The van der Waals surface area contributed by atoms with Crippen LogP contribution in [0, 0.1) is 0 Å². The zero-order chi connectivity index (χ0) is 15.4. The van der Waals surface area contributed by atoms with Crippen LogP contribution >= 0.6 is 11.6 Å². The molecule has 0 bridgehead atoms. The second-order valence-electron chi connectivity index (χ2n) is 4.33. The SMILES string of the molecule is CCCOc1ccc(Cl)cc1C=C1C(=O)NC(=O)NC1=O. The number of halogens is 1. The van der Waals surface area contributed by atoms with Gasteiger partial charge in [-0.2, -0.15) is 0 Å². The number of nitrogens with one attached hydrogen (secondary N) is 2. The van der Waals surface area contributed by atoms with Crippen molar-refractivity contribution in [3.63, 3.8) is 0 Å². The summed E-state index contributed by atoms with van der Waals surface area (Å²) in [4.78, 5) is 34.4. The van der Waals surface area contributed by atoms with Crippen LogP contribution in [0.25, 0.3) is 6.08 Å². The highest BCUT2D eigenvalue weighted by atomic mass is 35.5. The van der Waals surface area contributed by atoms with Crippen LogP contribution in [-0.4, -0.2) is 24.5 Å².